The van der Waals surface area contributed by atoms with Crippen LogP contribution in [-0.2, 0) is 4.79 Å². The van der Waals surface area contributed by atoms with Crippen molar-refractivity contribution in [2.24, 2.45) is 0 Å². The molecular weight excluding hydrogens is 282 g/mol. The minimum absolute atomic E-state index is 0.0311. The molecule has 114 valence electrons. The van der Waals surface area contributed by atoms with Gasteiger partial charge in [-0.25, -0.2) is 0 Å². The number of likely N-dealkylation sites (N-methyl/N-ethyl adjacent to an activating group) is 1. The van der Waals surface area contributed by atoms with Gasteiger partial charge in [-0.1, -0.05) is 18.2 Å². The number of amides is 1. The largest absolute Gasteiger partial charge is 0.355 e. The summed E-state index contributed by atoms with van der Waals surface area (Å²) >= 11 is 1.94. The Bertz CT molecular complexity index is 508. The van der Waals surface area contributed by atoms with Crippen molar-refractivity contribution in [2.75, 3.05) is 38.5 Å². The summed E-state index contributed by atoms with van der Waals surface area (Å²) in [7, 11) is 0. The minimum atomic E-state index is -0.0311. The van der Waals surface area contributed by atoms with Crippen molar-refractivity contribution in [3.8, 4) is 0 Å². The number of hydrogen-bond donors (Lipinski definition) is 2. The van der Waals surface area contributed by atoms with E-state index in [4.69, 9.17) is 0 Å². The maximum atomic E-state index is 12.2. The van der Waals surface area contributed by atoms with Crippen molar-refractivity contribution in [2.45, 2.75) is 23.8 Å². The summed E-state index contributed by atoms with van der Waals surface area (Å²) in [5.41, 5.74) is 1.45. The van der Waals surface area contributed by atoms with Crippen molar-refractivity contribution in [3.63, 3.8) is 0 Å². The van der Waals surface area contributed by atoms with Crippen LogP contribution in [0.5, 0.6) is 0 Å². The fraction of sp³-hybridized carbons (Fsp3) is 0.562. The van der Waals surface area contributed by atoms with Gasteiger partial charge in [0, 0.05) is 49.3 Å². The lowest BCUT2D eigenvalue weighted by molar-refractivity contribution is -0.127. The Morgan fingerprint density at radius 2 is 2.33 bits per heavy atom. The number of thioether (sulfide) groups is 1. The molecule has 1 fully saturated rings. The van der Waals surface area contributed by atoms with Crippen molar-refractivity contribution in [1.82, 2.24) is 15.5 Å². The Balaban J connectivity index is 1.69. The predicted octanol–water partition coefficient (Wildman–Crippen LogP) is 1.29. The van der Waals surface area contributed by atoms with Gasteiger partial charge in [0.2, 0.25) is 5.91 Å². The number of nitrogens with one attached hydrogen (secondary N) is 2. The van der Waals surface area contributed by atoms with Crippen LogP contribution >= 0.6 is 11.8 Å². The molecule has 2 N–H and O–H groups in total. The van der Waals surface area contributed by atoms with Gasteiger partial charge in [-0.05, 0) is 18.6 Å². The first-order valence-corrected chi connectivity index (χ1v) is 8.72. The third-order valence-corrected chi connectivity index (χ3v) is 5.51. The van der Waals surface area contributed by atoms with Crippen molar-refractivity contribution >= 4 is 17.7 Å². The summed E-state index contributed by atoms with van der Waals surface area (Å²) in [5, 5.41) is 6.30. The molecular formula is C16H23N3OS. The number of benzene rings is 1. The second kappa shape index (κ2) is 6.81. The van der Waals surface area contributed by atoms with Gasteiger partial charge in [0.25, 0.3) is 0 Å². The molecule has 0 spiro atoms. The van der Waals surface area contributed by atoms with Crippen LogP contribution in [-0.4, -0.2) is 55.3 Å². The SMILES string of the molecule is CCNC(=O)C1CNCCN1CC1CSc2ccccc21. The summed E-state index contributed by atoms with van der Waals surface area (Å²) in [6.07, 6.45) is 0. The van der Waals surface area contributed by atoms with E-state index in [0.717, 1.165) is 31.9 Å². The molecule has 2 atom stereocenters. The highest BCUT2D eigenvalue weighted by atomic mass is 32.2. The van der Waals surface area contributed by atoms with Gasteiger partial charge in [-0.15, -0.1) is 11.8 Å². The first-order chi connectivity index (χ1) is 10.3. The van der Waals surface area contributed by atoms with Crippen LogP contribution in [0.25, 0.3) is 0 Å². The lowest BCUT2D eigenvalue weighted by Gasteiger charge is -2.36. The first kappa shape index (κ1) is 14.9. The summed E-state index contributed by atoms with van der Waals surface area (Å²) in [6, 6.07) is 8.65. The third kappa shape index (κ3) is 3.25. The monoisotopic (exact) mass is 305 g/mol. The minimum Gasteiger partial charge on any atom is -0.355 e. The van der Waals surface area contributed by atoms with Crippen LogP contribution in [0.15, 0.2) is 29.2 Å². The molecule has 2 aliphatic heterocycles. The lowest BCUT2D eigenvalue weighted by atomic mass is 9.99. The van der Waals surface area contributed by atoms with Gasteiger partial charge in [0.1, 0.15) is 6.04 Å². The summed E-state index contributed by atoms with van der Waals surface area (Å²) in [5.74, 6) is 1.83. The van der Waals surface area contributed by atoms with E-state index in [-0.39, 0.29) is 11.9 Å². The zero-order valence-corrected chi connectivity index (χ0v) is 13.3. The average molecular weight is 305 g/mol. The number of rotatable bonds is 4. The fourth-order valence-corrected chi connectivity index (χ4v) is 4.42. The van der Waals surface area contributed by atoms with Crippen LogP contribution in [0.4, 0.5) is 0 Å². The van der Waals surface area contributed by atoms with E-state index in [2.05, 4.69) is 39.8 Å². The molecule has 0 aromatic heterocycles. The molecule has 3 rings (SSSR count). The molecule has 0 radical (unpaired) electrons. The smallest absolute Gasteiger partial charge is 0.238 e. The molecule has 21 heavy (non-hydrogen) atoms. The third-order valence-electron chi connectivity index (χ3n) is 4.26. The molecule has 0 aliphatic carbocycles. The maximum absolute atomic E-state index is 12.2. The fourth-order valence-electron chi connectivity index (χ4n) is 3.18. The topological polar surface area (TPSA) is 44.4 Å². The van der Waals surface area contributed by atoms with Gasteiger partial charge in [-0.2, -0.15) is 0 Å². The highest BCUT2D eigenvalue weighted by Crippen LogP contribution is 2.39. The zero-order chi connectivity index (χ0) is 14.7. The number of nitrogens with zero attached hydrogens (tertiary/aromatic N) is 1. The first-order valence-electron chi connectivity index (χ1n) is 7.73. The molecule has 4 nitrogen and oxygen atoms in total. The molecule has 1 saturated heterocycles. The van der Waals surface area contributed by atoms with E-state index in [1.165, 1.54) is 10.5 Å². The molecule has 0 bridgehead atoms. The highest BCUT2D eigenvalue weighted by Gasteiger charge is 2.32. The van der Waals surface area contributed by atoms with E-state index in [9.17, 15) is 4.79 Å². The normalized spacial score (nSPS) is 25.6. The second-order valence-electron chi connectivity index (χ2n) is 5.66. The van der Waals surface area contributed by atoms with Crippen LogP contribution in [0.3, 0.4) is 0 Å². The van der Waals surface area contributed by atoms with E-state index < -0.39 is 0 Å². The number of carbonyl (C=O) groups excluding carboxylic acids is 1. The Morgan fingerprint density at radius 1 is 1.48 bits per heavy atom. The van der Waals surface area contributed by atoms with Gasteiger partial charge >= 0.3 is 0 Å². The quantitative estimate of drug-likeness (QED) is 0.880. The van der Waals surface area contributed by atoms with E-state index in [1.807, 2.05) is 18.7 Å². The predicted molar refractivity (Wildman–Crippen MR) is 86.8 cm³/mol. The van der Waals surface area contributed by atoms with Gasteiger partial charge in [0.15, 0.2) is 0 Å². The summed E-state index contributed by atoms with van der Waals surface area (Å²) < 4.78 is 0. The molecule has 2 heterocycles. The maximum Gasteiger partial charge on any atom is 0.238 e. The molecule has 5 heteroatoms. The molecule has 1 aromatic rings. The van der Waals surface area contributed by atoms with Crippen molar-refractivity contribution in [1.29, 1.82) is 0 Å². The molecule has 1 aromatic carbocycles. The zero-order valence-electron chi connectivity index (χ0n) is 12.5. The highest BCUT2D eigenvalue weighted by molar-refractivity contribution is 7.99. The Hall–Kier alpha value is -1.04. The molecule has 1 amide bonds. The van der Waals surface area contributed by atoms with Crippen molar-refractivity contribution < 1.29 is 4.79 Å². The number of carbonyl (C=O) groups is 1. The van der Waals surface area contributed by atoms with Crippen LogP contribution in [0, 0.1) is 0 Å². The Morgan fingerprint density at radius 3 is 3.19 bits per heavy atom. The lowest BCUT2D eigenvalue weighted by Crippen LogP contribution is -2.58. The average Bonchev–Trinajstić information content (AvgIpc) is 2.91. The van der Waals surface area contributed by atoms with Crippen LogP contribution in [0.2, 0.25) is 0 Å². The van der Waals surface area contributed by atoms with Gasteiger partial charge in [-0.3, -0.25) is 9.69 Å². The Kier molecular flexibility index (Phi) is 4.83. The van der Waals surface area contributed by atoms with E-state index >= 15 is 0 Å². The molecule has 2 aliphatic rings. The number of piperazine rings is 1. The number of fused-ring (bicyclic) bond motifs is 1. The van der Waals surface area contributed by atoms with Gasteiger partial charge < -0.3 is 10.6 Å². The summed E-state index contributed by atoms with van der Waals surface area (Å²) in [4.78, 5) is 16.0. The van der Waals surface area contributed by atoms with Gasteiger partial charge in [0.05, 0.1) is 0 Å². The van der Waals surface area contributed by atoms with E-state index in [1.54, 1.807) is 0 Å². The van der Waals surface area contributed by atoms with Crippen LogP contribution in [0.1, 0.15) is 18.4 Å². The van der Waals surface area contributed by atoms with Crippen molar-refractivity contribution in [3.05, 3.63) is 29.8 Å². The number of hydrogen-bond acceptors (Lipinski definition) is 4. The van der Waals surface area contributed by atoms with Crippen LogP contribution < -0.4 is 10.6 Å². The summed E-state index contributed by atoms with van der Waals surface area (Å²) in [6.45, 7) is 6.33. The molecule has 2 unspecified atom stereocenters. The van der Waals surface area contributed by atoms with E-state index in [0.29, 0.717) is 12.5 Å². The second-order valence-corrected chi connectivity index (χ2v) is 6.72. The standard InChI is InChI=1S/C16H23N3OS/c1-2-18-16(20)14-9-17-7-8-19(14)10-12-11-21-15-6-4-3-5-13(12)15/h3-6,12,14,17H,2,7-11H2,1H3,(H,18,20). The molecule has 0 saturated carbocycles. The Labute approximate surface area is 130 Å².